The summed E-state index contributed by atoms with van der Waals surface area (Å²) < 4.78 is 7.09. The highest BCUT2D eigenvalue weighted by Crippen LogP contribution is 2.41. The smallest absolute Gasteiger partial charge is 0.269 e. The van der Waals surface area contributed by atoms with E-state index in [-0.39, 0.29) is 17.9 Å². The second kappa shape index (κ2) is 7.56. The Morgan fingerprint density at radius 1 is 1.36 bits per heavy atom. The molecule has 2 atom stereocenters. The summed E-state index contributed by atoms with van der Waals surface area (Å²) in [5.74, 6) is 0.978. The SMILES string of the molecule is CCOCCn1nc(C)cc1C(=O)N[C@@H]1CN(C(C)=O)C[C@H]1C1CC1. The molecule has 7 heteroatoms. The highest BCUT2D eigenvalue weighted by atomic mass is 16.5. The van der Waals surface area contributed by atoms with Crippen molar-refractivity contribution < 1.29 is 14.3 Å². The van der Waals surface area contributed by atoms with Crippen molar-refractivity contribution in [1.29, 1.82) is 0 Å². The summed E-state index contributed by atoms with van der Waals surface area (Å²) in [7, 11) is 0. The Labute approximate surface area is 148 Å². The quantitative estimate of drug-likeness (QED) is 0.752. The van der Waals surface area contributed by atoms with Gasteiger partial charge < -0.3 is 15.0 Å². The molecule has 2 heterocycles. The third-order valence-corrected chi connectivity index (χ3v) is 5.14. The van der Waals surface area contributed by atoms with Crippen molar-refractivity contribution in [3.05, 3.63) is 17.5 Å². The van der Waals surface area contributed by atoms with Gasteiger partial charge in [0, 0.05) is 32.5 Å². The highest BCUT2D eigenvalue weighted by Gasteiger charge is 2.43. The first kappa shape index (κ1) is 17.9. The number of ether oxygens (including phenoxy) is 1. The number of hydrogen-bond donors (Lipinski definition) is 1. The molecule has 0 spiro atoms. The van der Waals surface area contributed by atoms with E-state index in [0.717, 1.165) is 12.2 Å². The summed E-state index contributed by atoms with van der Waals surface area (Å²) in [4.78, 5) is 26.4. The van der Waals surface area contributed by atoms with Crippen molar-refractivity contribution in [2.75, 3.05) is 26.3 Å². The fourth-order valence-corrected chi connectivity index (χ4v) is 3.68. The molecule has 1 aromatic rings. The lowest BCUT2D eigenvalue weighted by Crippen LogP contribution is -2.42. The first-order valence-electron chi connectivity index (χ1n) is 9.18. The molecular weight excluding hydrogens is 320 g/mol. The number of rotatable bonds is 7. The van der Waals surface area contributed by atoms with Crippen LogP contribution in [-0.2, 0) is 16.1 Å². The molecule has 1 saturated heterocycles. The molecule has 1 aromatic heterocycles. The number of carbonyl (C=O) groups excluding carboxylic acids is 2. The first-order chi connectivity index (χ1) is 12.0. The van der Waals surface area contributed by atoms with Crippen LogP contribution in [0.15, 0.2) is 6.07 Å². The van der Waals surface area contributed by atoms with Gasteiger partial charge in [-0.3, -0.25) is 14.3 Å². The maximum Gasteiger partial charge on any atom is 0.269 e. The van der Waals surface area contributed by atoms with E-state index in [2.05, 4.69) is 10.4 Å². The molecule has 138 valence electrons. The van der Waals surface area contributed by atoms with E-state index in [4.69, 9.17) is 4.74 Å². The number of hydrogen-bond acceptors (Lipinski definition) is 4. The topological polar surface area (TPSA) is 76.5 Å². The van der Waals surface area contributed by atoms with Crippen molar-refractivity contribution in [1.82, 2.24) is 20.0 Å². The molecule has 0 radical (unpaired) electrons. The van der Waals surface area contributed by atoms with Crippen molar-refractivity contribution >= 4 is 11.8 Å². The van der Waals surface area contributed by atoms with Gasteiger partial charge in [0.2, 0.25) is 5.91 Å². The van der Waals surface area contributed by atoms with E-state index < -0.39 is 0 Å². The second-order valence-corrected chi connectivity index (χ2v) is 7.10. The van der Waals surface area contributed by atoms with E-state index in [1.54, 1.807) is 11.6 Å². The lowest BCUT2D eigenvalue weighted by molar-refractivity contribution is -0.128. The number of carbonyl (C=O) groups is 2. The Balaban J connectivity index is 1.67. The lowest BCUT2D eigenvalue weighted by atomic mass is 9.98. The zero-order valence-corrected chi connectivity index (χ0v) is 15.3. The van der Waals surface area contributed by atoms with E-state index in [0.29, 0.717) is 43.8 Å². The molecule has 2 amide bonds. The van der Waals surface area contributed by atoms with Gasteiger partial charge in [-0.1, -0.05) is 0 Å². The number of amides is 2. The predicted molar refractivity (Wildman–Crippen MR) is 93.2 cm³/mol. The molecule has 0 bridgehead atoms. The predicted octanol–water partition coefficient (Wildman–Crippen LogP) is 1.21. The summed E-state index contributed by atoms with van der Waals surface area (Å²) >= 11 is 0. The lowest BCUT2D eigenvalue weighted by Gasteiger charge is -2.19. The van der Waals surface area contributed by atoms with Crippen LogP contribution >= 0.6 is 0 Å². The summed E-state index contributed by atoms with van der Waals surface area (Å²) in [5, 5.41) is 7.56. The molecule has 7 nitrogen and oxygen atoms in total. The molecule has 1 N–H and O–H groups in total. The van der Waals surface area contributed by atoms with Gasteiger partial charge in [0.25, 0.3) is 5.91 Å². The van der Waals surface area contributed by atoms with Gasteiger partial charge in [-0.2, -0.15) is 5.10 Å². The monoisotopic (exact) mass is 348 g/mol. The van der Waals surface area contributed by atoms with Crippen molar-refractivity contribution in [3.63, 3.8) is 0 Å². The Morgan fingerprint density at radius 3 is 2.76 bits per heavy atom. The van der Waals surface area contributed by atoms with Crippen LogP contribution in [0.25, 0.3) is 0 Å². The normalized spacial score (nSPS) is 23.1. The van der Waals surface area contributed by atoms with Crippen LogP contribution in [0.1, 0.15) is 42.9 Å². The Hall–Kier alpha value is -1.89. The van der Waals surface area contributed by atoms with Crippen LogP contribution < -0.4 is 5.32 Å². The highest BCUT2D eigenvalue weighted by molar-refractivity contribution is 5.93. The van der Waals surface area contributed by atoms with Crippen LogP contribution in [0.3, 0.4) is 0 Å². The number of aromatic nitrogens is 2. The number of nitrogens with one attached hydrogen (secondary N) is 1. The Bertz CT molecular complexity index is 638. The molecular formula is C18H28N4O3. The van der Waals surface area contributed by atoms with Crippen LogP contribution in [0.4, 0.5) is 0 Å². The standard InChI is InChI=1S/C18H28N4O3/c1-4-25-8-7-22-17(9-12(2)20-22)18(24)19-16-11-21(13(3)23)10-15(16)14-5-6-14/h9,14-16H,4-8,10-11H2,1-3H3,(H,19,24)/t15-,16+/m0/s1. The molecule has 1 aliphatic heterocycles. The van der Waals surface area contributed by atoms with Gasteiger partial charge in [0.15, 0.2) is 0 Å². The average Bonchev–Trinajstić information content (AvgIpc) is 3.21. The van der Waals surface area contributed by atoms with E-state index >= 15 is 0 Å². The maximum absolute atomic E-state index is 12.8. The molecule has 0 unspecified atom stereocenters. The molecule has 3 rings (SSSR count). The van der Waals surface area contributed by atoms with Crippen LogP contribution in [0, 0.1) is 18.8 Å². The van der Waals surface area contributed by atoms with Gasteiger partial charge in [-0.25, -0.2) is 0 Å². The van der Waals surface area contributed by atoms with Crippen LogP contribution in [0.5, 0.6) is 0 Å². The van der Waals surface area contributed by atoms with Crippen molar-refractivity contribution in [2.24, 2.45) is 11.8 Å². The zero-order valence-electron chi connectivity index (χ0n) is 15.3. The van der Waals surface area contributed by atoms with Gasteiger partial charge in [-0.15, -0.1) is 0 Å². The first-order valence-corrected chi connectivity index (χ1v) is 9.18. The average molecular weight is 348 g/mol. The van der Waals surface area contributed by atoms with Crippen molar-refractivity contribution in [3.8, 4) is 0 Å². The third kappa shape index (κ3) is 4.21. The number of aryl methyl sites for hydroxylation is 1. The Kier molecular flexibility index (Phi) is 5.42. The van der Waals surface area contributed by atoms with E-state index in [9.17, 15) is 9.59 Å². The zero-order chi connectivity index (χ0) is 18.0. The molecule has 2 aliphatic rings. The summed E-state index contributed by atoms with van der Waals surface area (Å²) in [5.41, 5.74) is 1.38. The fraction of sp³-hybridized carbons (Fsp3) is 0.722. The molecule has 25 heavy (non-hydrogen) atoms. The number of likely N-dealkylation sites (tertiary alicyclic amines) is 1. The molecule has 2 fully saturated rings. The molecule has 0 aromatic carbocycles. The van der Waals surface area contributed by atoms with E-state index in [1.165, 1.54) is 12.8 Å². The summed E-state index contributed by atoms with van der Waals surface area (Å²) in [6, 6.07) is 1.84. The van der Waals surface area contributed by atoms with Gasteiger partial charge >= 0.3 is 0 Å². The van der Waals surface area contributed by atoms with Crippen LogP contribution in [0.2, 0.25) is 0 Å². The second-order valence-electron chi connectivity index (χ2n) is 7.10. The van der Waals surface area contributed by atoms with Gasteiger partial charge in [-0.05, 0) is 38.7 Å². The van der Waals surface area contributed by atoms with Gasteiger partial charge in [0.1, 0.15) is 5.69 Å². The molecule has 1 aliphatic carbocycles. The van der Waals surface area contributed by atoms with E-state index in [1.807, 2.05) is 24.8 Å². The fourth-order valence-electron chi connectivity index (χ4n) is 3.68. The third-order valence-electron chi connectivity index (χ3n) is 5.14. The maximum atomic E-state index is 12.8. The van der Waals surface area contributed by atoms with Gasteiger partial charge in [0.05, 0.1) is 24.9 Å². The minimum Gasteiger partial charge on any atom is -0.380 e. The Morgan fingerprint density at radius 2 is 2.12 bits per heavy atom. The largest absolute Gasteiger partial charge is 0.380 e. The minimum atomic E-state index is -0.113. The van der Waals surface area contributed by atoms with Crippen LogP contribution in [-0.4, -0.2) is 58.8 Å². The van der Waals surface area contributed by atoms with Crippen molar-refractivity contribution in [2.45, 2.75) is 46.2 Å². The number of nitrogens with zero attached hydrogens (tertiary/aromatic N) is 3. The molecule has 1 saturated carbocycles. The summed E-state index contributed by atoms with van der Waals surface area (Å²) in [6.07, 6.45) is 2.41. The summed E-state index contributed by atoms with van der Waals surface area (Å²) in [6.45, 7) is 8.52. The minimum absolute atomic E-state index is 0.0273.